The number of nitrogens with zero attached hydrogens (tertiary/aromatic N) is 1. The first-order chi connectivity index (χ1) is 8.87. The van der Waals surface area contributed by atoms with E-state index < -0.39 is 22.2 Å². The number of halogens is 1. The lowest BCUT2D eigenvalue weighted by Crippen LogP contribution is -2.45. The average Bonchev–Trinajstić information content (AvgIpc) is 2.34. The standard InChI is InChI=1S/C12H15FN2O4/c1-12(2)18-6-9(7-19-12)14-8-3-4-10(13)11(5-8)15(16)17/h3-5,9,14H,6-7H2,1-2H3. The maximum absolute atomic E-state index is 13.2. The Morgan fingerprint density at radius 2 is 2.05 bits per heavy atom. The molecule has 6 nitrogen and oxygen atoms in total. The van der Waals surface area contributed by atoms with Gasteiger partial charge in [0.05, 0.1) is 24.2 Å². The van der Waals surface area contributed by atoms with E-state index in [2.05, 4.69) is 5.32 Å². The molecule has 1 aliphatic rings. The van der Waals surface area contributed by atoms with Crippen molar-refractivity contribution in [1.29, 1.82) is 0 Å². The average molecular weight is 270 g/mol. The van der Waals surface area contributed by atoms with Crippen molar-refractivity contribution in [1.82, 2.24) is 0 Å². The highest BCUT2D eigenvalue weighted by Crippen LogP contribution is 2.24. The van der Waals surface area contributed by atoms with Crippen molar-refractivity contribution in [3.05, 3.63) is 34.1 Å². The first kappa shape index (κ1) is 13.7. The quantitative estimate of drug-likeness (QED) is 0.674. The molecule has 104 valence electrons. The van der Waals surface area contributed by atoms with Gasteiger partial charge in [-0.25, -0.2) is 0 Å². The van der Waals surface area contributed by atoms with Crippen molar-refractivity contribution in [3.8, 4) is 0 Å². The molecule has 1 fully saturated rings. The fourth-order valence-electron chi connectivity index (χ4n) is 1.75. The highest BCUT2D eigenvalue weighted by atomic mass is 19.1. The van der Waals surface area contributed by atoms with Crippen molar-refractivity contribution in [2.45, 2.75) is 25.7 Å². The van der Waals surface area contributed by atoms with Crippen molar-refractivity contribution in [2.75, 3.05) is 18.5 Å². The molecule has 7 heteroatoms. The van der Waals surface area contributed by atoms with Crippen LogP contribution in [0.3, 0.4) is 0 Å². The number of hydrogen-bond acceptors (Lipinski definition) is 5. The van der Waals surface area contributed by atoms with Crippen molar-refractivity contribution in [3.63, 3.8) is 0 Å². The van der Waals surface area contributed by atoms with Crippen LogP contribution in [0, 0.1) is 15.9 Å². The van der Waals surface area contributed by atoms with E-state index in [0.717, 1.165) is 12.1 Å². The van der Waals surface area contributed by atoms with Crippen LogP contribution in [0.15, 0.2) is 18.2 Å². The second-order valence-electron chi connectivity index (χ2n) is 4.79. The molecule has 0 unspecified atom stereocenters. The van der Waals surface area contributed by atoms with Crippen LogP contribution in [0.2, 0.25) is 0 Å². The minimum absolute atomic E-state index is 0.127. The van der Waals surface area contributed by atoms with E-state index in [-0.39, 0.29) is 6.04 Å². The monoisotopic (exact) mass is 270 g/mol. The summed E-state index contributed by atoms with van der Waals surface area (Å²) in [5.74, 6) is -1.47. The Bertz CT molecular complexity index is 483. The van der Waals surface area contributed by atoms with Gasteiger partial charge in [0.25, 0.3) is 0 Å². The maximum atomic E-state index is 13.2. The number of rotatable bonds is 3. The van der Waals surface area contributed by atoms with E-state index >= 15 is 0 Å². The van der Waals surface area contributed by atoms with E-state index in [0.29, 0.717) is 18.9 Å². The summed E-state index contributed by atoms with van der Waals surface area (Å²) in [5, 5.41) is 13.7. The molecule has 2 rings (SSSR count). The number of ether oxygens (including phenoxy) is 2. The Labute approximate surface area is 109 Å². The summed E-state index contributed by atoms with van der Waals surface area (Å²) in [6.07, 6.45) is 0. The molecular formula is C12H15FN2O4. The summed E-state index contributed by atoms with van der Waals surface area (Å²) < 4.78 is 24.1. The van der Waals surface area contributed by atoms with Gasteiger partial charge in [-0.1, -0.05) is 0 Å². The molecule has 0 radical (unpaired) electrons. The molecule has 0 saturated carbocycles. The van der Waals surface area contributed by atoms with Gasteiger partial charge >= 0.3 is 5.69 Å². The van der Waals surface area contributed by atoms with Gasteiger partial charge in [-0.3, -0.25) is 10.1 Å². The van der Waals surface area contributed by atoms with Gasteiger partial charge in [-0.15, -0.1) is 0 Å². The zero-order valence-electron chi connectivity index (χ0n) is 10.7. The topological polar surface area (TPSA) is 73.6 Å². The van der Waals surface area contributed by atoms with Crippen molar-refractivity contribution in [2.24, 2.45) is 0 Å². The lowest BCUT2D eigenvalue weighted by Gasteiger charge is -2.35. The van der Waals surface area contributed by atoms with Crippen LogP contribution in [0.5, 0.6) is 0 Å². The minimum Gasteiger partial charge on any atom is -0.377 e. The van der Waals surface area contributed by atoms with Crippen LogP contribution in [0.1, 0.15) is 13.8 Å². The third-order valence-electron chi connectivity index (χ3n) is 2.78. The molecule has 0 aliphatic carbocycles. The first-order valence-corrected chi connectivity index (χ1v) is 5.86. The Morgan fingerprint density at radius 1 is 1.42 bits per heavy atom. The van der Waals surface area contributed by atoms with E-state index in [1.807, 2.05) is 13.8 Å². The Hall–Kier alpha value is -1.73. The molecule has 1 N–H and O–H groups in total. The number of nitro benzene ring substituents is 1. The second kappa shape index (κ2) is 5.10. The predicted octanol–water partition coefficient (Wildman–Crippen LogP) is 2.30. The highest BCUT2D eigenvalue weighted by molar-refractivity contribution is 5.52. The van der Waals surface area contributed by atoms with E-state index in [1.54, 1.807) is 0 Å². The van der Waals surface area contributed by atoms with Gasteiger partial charge in [0.15, 0.2) is 5.79 Å². The number of nitro groups is 1. The fourth-order valence-corrected chi connectivity index (χ4v) is 1.75. The zero-order valence-corrected chi connectivity index (χ0v) is 10.7. The summed E-state index contributed by atoms with van der Waals surface area (Å²) in [6.45, 7) is 4.45. The largest absolute Gasteiger partial charge is 0.377 e. The molecule has 0 spiro atoms. The Kier molecular flexibility index (Phi) is 3.68. The molecule has 19 heavy (non-hydrogen) atoms. The molecule has 1 heterocycles. The maximum Gasteiger partial charge on any atom is 0.306 e. The van der Waals surface area contributed by atoms with Gasteiger partial charge in [-0.05, 0) is 26.0 Å². The van der Waals surface area contributed by atoms with Gasteiger partial charge in [0.2, 0.25) is 5.82 Å². The van der Waals surface area contributed by atoms with Gasteiger partial charge in [0.1, 0.15) is 0 Å². The van der Waals surface area contributed by atoms with Crippen LogP contribution in [0.4, 0.5) is 15.8 Å². The summed E-state index contributed by atoms with van der Waals surface area (Å²) in [5.41, 5.74) is -0.0898. The highest BCUT2D eigenvalue weighted by Gasteiger charge is 2.28. The molecule has 1 aliphatic heterocycles. The van der Waals surface area contributed by atoms with Gasteiger partial charge in [0, 0.05) is 11.8 Å². The molecule has 1 aromatic rings. The Balaban J connectivity index is 2.04. The van der Waals surface area contributed by atoms with Crippen LogP contribution < -0.4 is 5.32 Å². The van der Waals surface area contributed by atoms with Crippen molar-refractivity contribution < 1.29 is 18.8 Å². The SMILES string of the molecule is CC1(C)OCC(Nc2ccc(F)c([N+](=O)[O-])c2)CO1. The number of nitrogens with one attached hydrogen (secondary N) is 1. The second-order valence-corrected chi connectivity index (χ2v) is 4.79. The fraction of sp³-hybridized carbons (Fsp3) is 0.500. The molecule has 1 saturated heterocycles. The smallest absolute Gasteiger partial charge is 0.306 e. The first-order valence-electron chi connectivity index (χ1n) is 5.86. The number of benzene rings is 1. The predicted molar refractivity (Wildman–Crippen MR) is 66.4 cm³/mol. The van der Waals surface area contributed by atoms with Crippen LogP contribution in [0.25, 0.3) is 0 Å². The normalized spacial score (nSPS) is 19.1. The number of anilines is 1. The summed E-state index contributed by atoms with van der Waals surface area (Å²) >= 11 is 0. The Morgan fingerprint density at radius 3 is 2.63 bits per heavy atom. The zero-order chi connectivity index (χ0) is 14.0. The summed E-state index contributed by atoms with van der Waals surface area (Å²) in [6, 6.07) is 3.55. The molecular weight excluding hydrogens is 255 g/mol. The van der Waals surface area contributed by atoms with E-state index in [1.165, 1.54) is 6.07 Å². The molecule has 0 bridgehead atoms. The molecule has 0 atom stereocenters. The number of hydrogen-bond donors (Lipinski definition) is 1. The van der Waals surface area contributed by atoms with Crippen LogP contribution in [-0.4, -0.2) is 30.0 Å². The summed E-state index contributed by atoms with van der Waals surface area (Å²) in [4.78, 5) is 9.89. The third kappa shape index (κ3) is 3.39. The molecule has 1 aromatic carbocycles. The molecule has 0 amide bonds. The van der Waals surface area contributed by atoms with Crippen molar-refractivity contribution >= 4 is 11.4 Å². The van der Waals surface area contributed by atoms with E-state index in [4.69, 9.17) is 9.47 Å². The third-order valence-corrected chi connectivity index (χ3v) is 2.78. The molecule has 0 aromatic heterocycles. The lowest BCUT2D eigenvalue weighted by atomic mass is 10.2. The van der Waals surface area contributed by atoms with E-state index in [9.17, 15) is 14.5 Å². The summed E-state index contributed by atoms with van der Waals surface area (Å²) in [7, 11) is 0. The van der Waals surface area contributed by atoms with Crippen LogP contribution >= 0.6 is 0 Å². The van der Waals surface area contributed by atoms with Crippen LogP contribution in [-0.2, 0) is 9.47 Å². The van der Waals surface area contributed by atoms with Gasteiger partial charge in [-0.2, -0.15) is 4.39 Å². The lowest BCUT2D eigenvalue weighted by molar-refractivity contribution is -0.387. The minimum atomic E-state index is -0.854. The van der Waals surface area contributed by atoms with Gasteiger partial charge < -0.3 is 14.8 Å².